The monoisotopic (exact) mass is 259 g/mol. The van der Waals surface area contributed by atoms with E-state index in [2.05, 4.69) is 20.9 Å². The molecule has 0 N–H and O–H groups in total. The molecule has 1 aromatic rings. The molecule has 0 unspecified atom stereocenters. The van der Waals surface area contributed by atoms with Crippen LogP contribution in [0.5, 0.6) is 5.75 Å². The molecular weight excluding hydrogens is 250 g/mol. The molecule has 0 aliphatic carbocycles. The first kappa shape index (κ1) is 11.1. The normalized spacial score (nSPS) is 9.93. The highest BCUT2D eigenvalue weighted by atomic mass is 79.9. The fourth-order valence-corrected chi connectivity index (χ4v) is 1.26. The van der Waals surface area contributed by atoms with Crippen molar-refractivity contribution < 1.29 is 14.3 Å². The molecule has 4 nitrogen and oxygen atoms in total. The molecule has 0 fully saturated rings. The van der Waals surface area contributed by atoms with Crippen LogP contribution in [-0.2, 0) is 4.74 Å². The van der Waals surface area contributed by atoms with Crippen molar-refractivity contribution in [3.05, 3.63) is 22.4 Å². The van der Waals surface area contributed by atoms with Crippen molar-refractivity contribution in [1.29, 1.82) is 0 Å². The maximum absolute atomic E-state index is 11.2. The lowest BCUT2D eigenvalue weighted by Gasteiger charge is -2.07. The number of methoxy groups -OCH3 is 1. The van der Waals surface area contributed by atoms with Crippen LogP contribution in [0.15, 0.2) is 16.9 Å². The van der Waals surface area contributed by atoms with Gasteiger partial charge in [0.2, 0.25) is 0 Å². The highest BCUT2D eigenvalue weighted by molar-refractivity contribution is 9.10. The summed E-state index contributed by atoms with van der Waals surface area (Å²) in [7, 11) is 1.51. The van der Waals surface area contributed by atoms with Gasteiger partial charge in [-0.2, -0.15) is 0 Å². The summed E-state index contributed by atoms with van der Waals surface area (Å²) in [5, 5.41) is 0. The van der Waals surface area contributed by atoms with Gasteiger partial charge in [-0.3, -0.25) is 4.79 Å². The van der Waals surface area contributed by atoms with Gasteiger partial charge in [-0.1, -0.05) is 0 Å². The first-order chi connectivity index (χ1) is 6.65. The molecule has 0 saturated heterocycles. The summed E-state index contributed by atoms with van der Waals surface area (Å²) in [4.78, 5) is 15.2. The van der Waals surface area contributed by atoms with E-state index in [4.69, 9.17) is 9.47 Å². The molecule has 1 heterocycles. The summed E-state index contributed by atoms with van der Waals surface area (Å²) in [6.07, 6.45) is 1.49. The Hall–Kier alpha value is -0.940. The number of ether oxygens (including phenoxy) is 2. The molecule has 5 heteroatoms. The predicted molar refractivity (Wildman–Crippen MR) is 54.4 cm³/mol. The van der Waals surface area contributed by atoms with Gasteiger partial charge >= 0.3 is 0 Å². The first-order valence-corrected chi connectivity index (χ1v) is 4.72. The molecule has 0 saturated carbocycles. The van der Waals surface area contributed by atoms with Gasteiger partial charge < -0.3 is 9.47 Å². The number of rotatable bonds is 4. The Labute approximate surface area is 90.4 Å². The smallest absolute Gasteiger partial charge is 0.188 e. The van der Waals surface area contributed by atoms with E-state index in [-0.39, 0.29) is 12.6 Å². The molecule has 1 aromatic heterocycles. The van der Waals surface area contributed by atoms with Crippen LogP contribution in [0.25, 0.3) is 0 Å². The zero-order valence-electron chi connectivity index (χ0n) is 7.91. The summed E-state index contributed by atoms with van der Waals surface area (Å²) < 4.78 is 10.5. The maximum Gasteiger partial charge on any atom is 0.188 e. The van der Waals surface area contributed by atoms with Gasteiger partial charge in [-0.15, -0.1) is 0 Å². The Balaban J connectivity index is 2.96. The van der Waals surface area contributed by atoms with E-state index < -0.39 is 0 Å². The SMILES string of the molecule is COCOc1cnc(Br)cc1C(C)=O. The van der Waals surface area contributed by atoms with Crippen LogP contribution in [0.3, 0.4) is 0 Å². The average molecular weight is 260 g/mol. The number of hydrogen-bond acceptors (Lipinski definition) is 4. The van der Waals surface area contributed by atoms with Crippen LogP contribution in [0.2, 0.25) is 0 Å². The molecule has 0 amide bonds. The summed E-state index contributed by atoms with van der Waals surface area (Å²) in [6.45, 7) is 1.57. The molecule has 0 aliphatic heterocycles. The van der Waals surface area contributed by atoms with Gasteiger partial charge in [0, 0.05) is 7.11 Å². The minimum absolute atomic E-state index is 0.0702. The number of carbonyl (C=O) groups excluding carboxylic acids is 1. The topological polar surface area (TPSA) is 48.4 Å². The second-order valence-corrected chi connectivity index (χ2v) is 3.42. The van der Waals surface area contributed by atoms with Crippen molar-refractivity contribution in [2.75, 3.05) is 13.9 Å². The Morgan fingerprint density at radius 1 is 1.64 bits per heavy atom. The Bertz CT molecular complexity index is 341. The van der Waals surface area contributed by atoms with Crippen LogP contribution in [-0.4, -0.2) is 24.7 Å². The fourth-order valence-electron chi connectivity index (χ4n) is 0.930. The molecule has 0 aliphatic rings. The fraction of sp³-hybridized carbons (Fsp3) is 0.333. The van der Waals surface area contributed by atoms with Crippen molar-refractivity contribution >= 4 is 21.7 Å². The summed E-state index contributed by atoms with van der Waals surface area (Å²) in [5.74, 6) is 0.363. The van der Waals surface area contributed by atoms with Gasteiger partial charge in [0.1, 0.15) is 4.60 Å². The predicted octanol–water partition coefficient (Wildman–Crippen LogP) is 2.03. The number of carbonyl (C=O) groups is 1. The number of nitrogens with zero attached hydrogens (tertiary/aromatic N) is 1. The van der Waals surface area contributed by atoms with E-state index in [1.54, 1.807) is 6.07 Å². The van der Waals surface area contributed by atoms with Gasteiger partial charge in [0.05, 0.1) is 11.8 Å². The number of hydrogen-bond donors (Lipinski definition) is 0. The Kier molecular flexibility index (Phi) is 4.03. The van der Waals surface area contributed by atoms with E-state index in [1.165, 1.54) is 20.2 Å². The lowest BCUT2D eigenvalue weighted by molar-refractivity contribution is 0.0500. The van der Waals surface area contributed by atoms with Crippen molar-refractivity contribution in [2.45, 2.75) is 6.92 Å². The minimum atomic E-state index is -0.0702. The van der Waals surface area contributed by atoms with Crippen LogP contribution in [0.4, 0.5) is 0 Å². The number of aromatic nitrogens is 1. The Morgan fingerprint density at radius 2 is 2.36 bits per heavy atom. The summed E-state index contributed by atoms with van der Waals surface area (Å²) in [6, 6.07) is 1.62. The molecular formula is C9H10BrNO3. The standard InChI is InChI=1S/C9H10BrNO3/c1-6(12)7-3-9(10)11-4-8(7)14-5-13-2/h3-4H,5H2,1-2H3. The first-order valence-electron chi connectivity index (χ1n) is 3.93. The van der Waals surface area contributed by atoms with Crippen molar-refractivity contribution in [2.24, 2.45) is 0 Å². The second-order valence-electron chi connectivity index (χ2n) is 2.61. The van der Waals surface area contributed by atoms with E-state index in [0.29, 0.717) is 15.9 Å². The third-order valence-corrected chi connectivity index (χ3v) is 1.98. The van der Waals surface area contributed by atoms with Crippen molar-refractivity contribution in [3.63, 3.8) is 0 Å². The Morgan fingerprint density at radius 3 is 2.93 bits per heavy atom. The molecule has 0 radical (unpaired) electrons. The number of halogens is 1. The summed E-state index contributed by atoms with van der Waals surface area (Å²) >= 11 is 3.18. The van der Waals surface area contributed by atoms with E-state index >= 15 is 0 Å². The third kappa shape index (κ3) is 2.78. The highest BCUT2D eigenvalue weighted by Gasteiger charge is 2.09. The highest BCUT2D eigenvalue weighted by Crippen LogP contribution is 2.21. The van der Waals surface area contributed by atoms with Crippen molar-refractivity contribution in [1.82, 2.24) is 4.98 Å². The van der Waals surface area contributed by atoms with E-state index in [9.17, 15) is 4.79 Å². The molecule has 0 atom stereocenters. The summed E-state index contributed by atoms with van der Waals surface area (Å²) in [5.41, 5.74) is 0.490. The molecule has 1 rings (SSSR count). The van der Waals surface area contributed by atoms with Gasteiger partial charge in [0.25, 0.3) is 0 Å². The van der Waals surface area contributed by atoms with Crippen LogP contribution in [0.1, 0.15) is 17.3 Å². The van der Waals surface area contributed by atoms with Gasteiger partial charge in [-0.25, -0.2) is 4.98 Å². The van der Waals surface area contributed by atoms with Crippen molar-refractivity contribution in [3.8, 4) is 5.75 Å². The van der Waals surface area contributed by atoms with E-state index in [0.717, 1.165) is 0 Å². The van der Waals surface area contributed by atoms with E-state index in [1.807, 2.05) is 0 Å². The maximum atomic E-state index is 11.2. The third-order valence-electron chi connectivity index (χ3n) is 1.55. The van der Waals surface area contributed by atoms with Gasteiger partial charge in [0.15, 0.2) is 18.3 Å². The van der Waals surface area contributed by atoms with Crippen LogP contribution in [0, 0.1) is 0 Å². The zero-order valence-corrected chi connectivity index (χ0v) is 9.50. The molecule has 0 bridgehead atoms. The number of pyridine rings is 1. The molecule has 76 valence electrons. The number of Topliss-reactive ketones (excluding diaryl/α,β-unsaturated/α-hetero) is 1. The second kappa shape index (κ2) is 5.07. The quantitative estimate of drug-likeness (QED) is 0.472. The van der Waals surface area contributed by atoms with Crippen LogP contribution >= 0.6 is 15.9 Å². The largest absolute Gasteiger partial charge is 0.465 e. The lowest BCUT2D eigenvalue weighted by Crippen LogP contribution is -2.04. The lowest BCUT2D eigenvalue weighted by atomic mass is 10.2. The van der Waals surface area contributed by atoms with Crippen LogP contribution < -0.4 is 4.74 Å². The average Bonchev–Trinajstić information content (AvgIpc) is 2.15. The number of ketones is 1. The zero-order chi connectivity index (χ0) is 10.6. The molecule has 0 spiro atoms. The minimum Gasteiger partial charge on any atom is -0.465 e. The molecule has 14 heavy (non-hydrogen) atoms. The molecule has 0 aromatic carbocycles. The van der Waals surface area contributed by atoms with Gasteiger partial charge in [-0.05, 0) is 28.9 Å².